The van der Waals surface area contributed by atoms with Gasteiger partial charge in [0.25, 0.3) is 0 Å². The highest BCUT2D eigenvalue weighted by Crippen LogP contribution is 2.17. The molecule has 0 aliphatic heterocycles. The molecule has 20 heavy (non-hydrogen) atoms. The molecule has 0 heterocycles. The third-order valence-corrected chi connectivity index (χ3v) is 3.18. The van der Waals surface area contributed by atoms with Gasteiger partial charge < -0.3 is 10.4 Å². The number of hydrogen-bond donors (Lipinski definition) is 2. The number of anilines is 1. The van der Waals surface area contributed by atoms with Crippen LogP contribution in [0.25, 0.3) is 0 Å². The zero-order valence-electron chi connectivity index (χ0n) is 12.7. The van der Waals surface area contributed by atoms with E-state index in [1.165, 1.54) is 5.56 Å². The van der Waals surface area contributed by atoms with Crippen molar-refractivity contribution < 1.29 is 9.90 Å². The predicted octanol–water partition coefficient (Wildman–Crippen LogP) is 2.45. The van der Waals surface area contributed by atoms with E-state index >= 15 is 0 Å². The zero-order chi connectivity index (χ0) is 15.0. The first kappa shape index (κ1) is 16.7. The normalized spacial score (nSPS) is 11.1. The van der Waals surface area contributed by atoms with E-state index in [2.05, 4.69) is 26.1 Å². The average Bonchev–Trinajstić information content (AvgIpc) is 2.39. The summed E-state index contributed by atoms with van der Waals surface area (Å²) in [6.07, 6.45) is 0.969. The first-order valence-electron chi connectivity index (χ1n) is 7.29. The van der Waals surface area contributed by atoms with Crippen LogP contribution in [0.1, 0.15) is 38.7 Å². The molecular weight excluding hydrogens is 252 g/mol. The lowest BCUT2D eigenvalue weighted by Crippen LogP contribution is -2.35. The Labute approximate surface area is 121 Å². The fourth-order valence-electron chi connectivity index (χ4n) is 2.08. The SMILES string of the molecule is CCCN(CCO)CC(=O)Nc1ccc(C(C)C)cc1. The van der Waals surface area contributed by atoms with Gasteiger partial charge in [0, 0.05) is 12.2 Å². The highest BCUT2D eigenvalue weighted by atomic mass is 16.3. The van der Waals surface area contributed by atoms with E-state index in [1.807, 2.05) is 29.2 Å². The van der Waals surface area contributed by atoms with E-state index in [1.54, 1.807) is 0 Å². The van der Waals surface area contributed by atoms with Crippen molar-refractivity contribution in [3.63, 3.8) is 0 Å². The van der Waals surface area contributed by atoms with Crippen molar-refractivity contribution in [2.75, 3.05) is 31.6 Å². The van der Waals surface area contributed by atoms with Crippen LogP contribution >= 0.6 is 0 Å². The van der Waals surface area contributed by atoms with Gasteiger partial charge in [0.2, 0.25) is 5.91 Å². The second-order valence-corrected chi connectivity index (χ2v) is 5.32. The molecule has 0 atom stereocenters. The zero-order valence-corrected chi connectivity index (χ0v) is 12.7. The van der Waals surface area contributed by atoms with Crippen molar-refractivity contribution >= 4 is 11.6 Å². The van der Waals surface area contributed by atoms with Crippen LogP contribution in [0.5, 0.6) is 0 Å². The Morgan fingerprint density at radius 3 is 2.40 bits per heavy atom. The molecule has 1 aromatic rings. The maximum Gasteiger partial charge on any atom is 0.238 e. The van der Waals surface area contributed by atoms with Gasteiger partial charge in [0.15, 0.2) is 0 Å². The monoisotopic (exact) mass is 278 g/mol. The minimum Gasteiger partial charge on any atom is -0.395 e. The van der Waals surface area contributed by atoms with Crippen LogP contribution in [0.15, 0.2) is 24.3 Å². The third-order valence-electron chi connectivity index (χ3n) is 3.18. The molecule has 1 amide bonds. The average molecular weight is 278 g/mol. The van der Waals surface area contributed by atoms with E-state index in [0.717, 1.165) is 18.7 Å². The van der Waals surface area contributed by atoms with Crippen molar-refractivity contribution in [3.8, 4) is 0 Å². The number of carbonyl (C=O) groups is 1. The van der Waals surface area contributed by atoms with Crippen LogP contribution in [0, 0.1) is 0 Å². The molecule has 0 aliphatic rings. The van der Waals surface area contributed by atoms with Crippen LogP contribution in [0.3, 0.4) is 0 Å². The number of rotatable bonds is 8. The molecule has 0 bridgehead atoms. The molecule has 2 N–H and O–H groups in total. The predicted molar refractivity (Wildman–Crippen MR) is 83.0 cm³/mol. The molecule has 0 spiro atoms. The lowest BCUT2D eigenvalue weighted by molar-refractivity contribution is -0.117. The van der Waals surface area contributed by atoms with Crippen molar-refractivity contribution in [1.29, 1.82) is 0 Å². The molecule has 0 unspecified atom stereocenters. The molecule has 0 aliphatic carbocycles. The number of carbonyl (C=O) groups excluding carboxylic acids is 1. The fraction of sp³-hybridized carbons (Fsp3) is 0.562. The summed E-state index contributed by atoms with van der Waals surface area (Å²) in [5.41, 5.74) is 2.08. The molecule has 0 fully saturated rings. The molecule has 0 saturated carbocycles. The topological polar surface area (TPSA) is 52.6 Å². The Bertz CT molecular complexity index is 395. The number of nitrogens with zero attached hydrogens (tertiary/aromatic N) is 1. The smallest absolute Gasteiger partial charge is 0.238 e. The number of aliphatic hydroxyl groups is 1. The number of benzene rings is 1. The standard InChI is InChI=1S/C16H26N2O2/c1-4-9-18(10-11-19)12-16(20)17-15-7-5-14(6-8-15)13(2)3/h5-8,13,19H,4,9-12H2,1-3H3,(H,17,20). The molecule has 4 heteroatoms. The van der Waals surface area contributed by atoms with Crippen LogP contribution in [0.4, 0.5) is 5.69 Å². The first-order valence-corrected chi connectivity index (χ1v) is 7.29. The summed E-state index contributed by atoms with van der Waals surface area (Å²) in [5.74, 6) is 0.452. The van der Waals surface area contributed by atoms with Gasteiger partial charge in [-0.15, -0.1) is 0 Å². The number of amides is 1. The lowest BCUT2D eigenvalue weighted by atomic mass is 10.0. The molecule has 1 aromatic carbocycles. The number of hydrogen-bond acceptors (Lipinski definition) is 3. The van der Waals surface area contributed by atoms with Gasteiger partial charge in [-0.05, 0) is 36.6 Å². The third kappa shape index (κ3) is 5.72. The summed E-state index contributed by atoms with van der Waals surface area (Å²) in [4.78, 5) is 13.9. The second-order valence-electron chi connectivity index (χ2n) is 5.32. The Kier molecular flexibility index (Phi) is 7.26. The van der Waals surface area contributed by atoms with Crippen molar-refractivity contribution in [1.82, 2.24) is 4.90 Å². The summed E-state index contributed by atoms with van der Waals surface area (Å²) < 4.78 is 0. The quantitative estimate of drug-likeness (QED) is 0.768. The minimum absolute atomic E-state index is 0.0378. The van der Waals surface area contributed by atoms with Gasteiger partial charge >= 0.3 is 0 Å². The second kappa shape index (κ2) is 8.72. The van der Waals surface area contributed by atoms with Crippen molar-refractivity contribution in [3.05, 3.63) is 29.8 Å². The molecule has 112 valence electrons. The lowest BCUT2D eigenvalue weighted by Gasteiger charge is -2.19. The van der Waals surface area contributed by atoms with Gasteiger partial charge in [0.1, 0.15) is 0 Å². The van der Waals surface area contributed by atoms with E-state index in [-0.39, 0.29) is 12.5 Å². The number of aliphatic hydroxyl groups excluding tert-OH is 1. The van der Waals surface area contributed by atoms with Crippen LogP contribution in [-0.4, -0.2) is 42.2 Å². The van der Waals surface area contributed by atoms with Gasteiger partial charge in [0.05, 0.1) is 13.2 Å². The van der Waals surface area contributed by atoms with Crippen LogP contribution in [-0.2, 0) is 4.79 Å². The van der Waals surface area contributed by atoms with Crippen LogP contribution < -0.4 is 5.32 Å². The summed E-state index contributed by atoms with van der Waals surface area (Å²) in [7, 11) is 0. The highest BCUT2D eigenvalue weighted by Gasteiger charge is 2.09. The Morgan fingerprint density at radius 2 is 1.90 bits per heavy atom. The maximum atomic E-state index is 12.0. The molecular formula is C16H26N2O2. The van der Waals surface area contributed by atoms with Crippen molar-refractivity contribution in [2.24, 2.45) is 0 Å². The van der Waals surface area contributed by atoms with E-state index in [4.69, 9.17) is 5.11 Å². The summed E-state index contributed by atoms with van der Waals surface area (Å²) in [6.45, 7) is 8.10. The Balaban J connectivity index is 2.52. The maximum absolute atomic E-state index is 12.0. The van der Waals surface area contributed by atoms with Gasteiger partial charge in [-0.1, -0.05) is 32.9 Å². The number of nitrogens with one attached hydrogen (secondary N) is 1. The minimum atomic E-state index is -0.0378. The molecule has 1 rings (SSSR count). The van der Waals surface area contributed by atoms with Crippen LogP contribution in [0.2, 0.25) is 0 Å². The Hall–Kier alpha value is -1.39. The molecule has 0 saturated heterocycles. The largest absolute Gasteiger partial charge is 0.395 e. The fourth-order valence-corrected chi connectivity index (χ4v) is 2.08. The summed E-state index contributed by atoms with van der Waals surface area (Å²) in [5, 5.41) is 11.9. The van der Waals surface area contributed by atoms with Gasteiger partial charge in [-0.3, -0.25) is 9.69 Å². The van der Waals surface area contributed by atoms with E-state index in [0.29, 0.717) is 19.0 Å². The molecule has 0 radical (unpaired) electrons. The summed E-state index contributed by atoms with van der Waals surface area (Å²) in [6, 6.07) is 7.95. The molecule has 4 nitrogen and oxygen atoms in total. The summed E-state index contributed by atoms with van der Waals surface area (Å²) >= 11 is 0. The first-order chi connectivity index (χ1) is 9.56. The van der Waals surface area contributed by atoms with Crippen molar-refractivity contribution in [2.45, 2.75) is 33.1 Å². The van der Waals surface area contributed by atoms with Gasteiger partial charge in [-0.25, -0.2) is 0 Å². The Morgan fingerprint density at radius 1 is 1.25 bits per heavy atom. The molecule has 0 aromatic heterocycles. The van der Waals surface area contributed by atoms with Gasteiger partial charge in [-0.2, -0.15) is 0 Å². The highest BCUT2D eigenvalue weighted by molar-refractivity contribution is 5.92. The van der Waals surface area contributed by atoms with E-state index < -0.39 is 0 Å². The van der Waals surface area contributed by atoms with E-state index in [9.17, 15) is 4.79 Å².